The molecule has 0 aromatic carbocycles. The summed E-state index contributed by atoms with van der Waals surface area (Å²) in [6.07, 6.45) is 5.02. The van der Waals surface area contributed by atoms with E-state index >= 15 is 0 Å². The zero-order valence-electron chi connectivity index (χ0n) is 12.4. The van der Waals surface area contributed by atoms with Gasteiger partial charge in [0.15, 0.2) is 5.82 Å². The van der Waals surface area contributed by atoms with Crippen LogP contribution in [0.15, 0.2) is 29.2 Å². The number of aromatic nitrogens is 3. The summed E-state index contributed by atoms with van der Waals surface area (Å²) in [5.41, 5.74) is 0.718. The summed E-state index contributed by atoms with van der Waals surface area (Å²) in [6.45, 7) is 4.36. The van der Waals surface area contributed by atoms with Crippen LogP contribution in [0.3, 0.4) is 0 Å². The third-order valence-electron chi connectivity index (χ3n) is 3.61. The van der Waals surface area contributed by atoms with Gasteiger partial charge < -0.3 is 14.7 Å². The molecule has 0 unspecified atom stereocenters. The van der Waals surface area contributed by atoms with Gasteiger partial charge in [-0.15, -0.1) is 0 Å². The lowest BCUT2D eigenvalue weighted by Crippen LogP contribution is -2.28. The number of amides is 2. The van der Waals surface area contributed by atoms with Gasteiger partial charge in [0.25, 0.3) is 0 Å². The predicted octanol–water partition coefficient (Wildman–Crippen LogP) is 1.44. The fourth-order valence-corrected chi connectivity index (χ4v) is 2.39. The second-order valence-electron chi connectivity index (χ2n) is 5.55. The number of hydrogen-bond donors (Lipinski definition) is 1. The summed E-state index contributed by atoms with van der Waals surface area (Å²) >= 11 is 0. The van der Waals surface area contributed by atoms with E-state index in [1.807, 2.05) is 20.0 Å². The minimum absolute atomic E-state index is 0.0800. The summed E-state index contributed by atoms with van der Waals surface area (Å²) in [4.78, 5) is 25.9. The molecule has 0 spiro atoms. The maximum atomic E-state index is 12.2. The minimum atomic E-state index is -0.411. The Bertz CT molecular complexity index is 676. The quantitative estimate of drug-likeness (QED) is 0.922. The van der Waals surface area contributed by atoms with Crippen molar-refractivity contribution in [3.8, 4) is 0 Å². The number of carbonyl (C=O) groups excluding carboxylic acids is 2. The number of hydrogen-bond acceptors (Lipinski definition) is 5. The van der Waals surface area contributed by atoms with E-state index in [-0.39, 0.29) is 24.3 Å². The van der Waals surface area contributed by atoms with Crippen LogP contribution in [0.4, 0.5) is 11.5 Å². The van der Waals surface area contributed by atoms with Crippen molar-refractivity contribution < 1.29 is 14.1 Å². The highest BCUT2D eigenvalue weighted by molar-refractivity contribution is 6.03. The first-order valence-electron chi connectivity index (χ1n) is 7.10. The topological polar surface area (TPSA) is 93.3 Å². The van der Waals surface area contributed by atoms with Crippen molar-refractivity contribution in [2.24, 2.45) is 5.92 Å². The zero-order chi connectivity index (χ0) is 15.7. The molecule has 0 bridgehead atoms. The Morgan fingerprint density at radius 2 is 2.32 bits per heavy atom. The number of nitrogens with zero attached hydrogens (tertiary/aromatic N) is 4. The highest BCUT2D eigenvalue weighted by Gasteiger charge is 2.36. The largest absolute Gasteiger partial charge is 0.363 e. The Balaban J connectivity index is 1.68. The molecular formula is C14H17N5O3. The van der Waals surface area contributed by atoms with Crippen molar-refractivity contribution in [3.63, 3.8) is 0 Å². The van der Waals surface area contributed by atoms with Gasteiger partial charge in [-0.1, -0.05) is 5.16 Å². The second-order valence-corrected chi connectivity index (χ2v) is 5.55. The fourth-order valence-electron chi connectivity index (χ4n) is 2.39. The SMILES string of the molecule is CC(C)n1cc(N2C[C@@H](C(=O)Nc3ccon3)CC2=O)cn1. The Kier molecular flexibility index (Phi) is 3.66. The molecule has 3 heterocycles. The van der Waals surface area contributed by atoms with Crippen molar-refractivity contribution in [3.05, 3.63) is 24.7 Å². The van der Waals surface area contributed by atoms with Gasteiger partial charge in [0.1, 0.15) is 6.26 Å². The normalized spacial score (nSPS) is 18.2. The molecule has 2 aromatic heterocycles. The predicted molar refractivity (Wildman–Crippen MR) is 78.2 cm³/mol. The van der Waals surface area contributed by atoms with Gasteiger partial charge in [-0.25, -0.2) is 0 Å². The average Bonchev–Trinajstić information content (AvgIpc) is 3.17. The van der Waals surface area contributed by atoms with Crippen molar-refractivity contribution >= 4 is 23.3 Å². The number of nitrogens with one attached hydrogen (secondary N) is 1. The first kappa shape index (κ1) is 14.3. The Morgan fingerprint density at radius 3 is 2.95 bits per heavy atom. The van der Waals surface area contributed by atoms with Crippen LogP contribution in [0.1, 0.15) is 26.3 Å². The molecule has 1 saturated heterocycles. The number of carbonyl (C=O) groups is 2. The molecule has 8 nitrogen and oxygen atoms in total. The molecule has 2 amide bonds. The maximum absolute atomic E-state index is 12.2. The van der Waals surface area contributed by atoms with Crippen LogP contribution in [0.5, 0.6) is 0 Å². The van der Waals surface area contributed by atoms with E-state index in [1.165, 1.54) is 6.26 Å². The molecular weight excluding hydrogens is 286 g/mol. The van der Waals surface area contributed by atoms with Gasteiger partial charge >= 0.3 is 0 Å². The summed E-state index contributed by atoms with van der Waals surface area (Å²) in [7, 11) is 0. The molecule has 116 valence electrons. The standard InChI is InChI=1S/C14H17N5O3/c1-9(2)19-8-11(6-15-19)18-7-10(5-13(18)20)14(21)16-12-3-4-22-17-12/h3-4,6,8-10H,5,7H2,1-2H3,(H,16,17,21)/t10-/m0/s1. The Morgan fingerprint density at radius 1 is 1.50 bits per heavy atom. The Labute approximate surface area is 127 Å². The third kappa shape index (κ3) is 2.72. The molecule has 1 aliphatic heterocycles. The highest BCUT2D eigenvalue weighted by Crippen LogP contribution is 2.26. The second kappa shape index (κ2) is 5.63. The summed E-state index contributed by atoms with van der Waals surface area (Å²) < 4.78 is 6.44. The first-order valence-corrected chi connectivity index (χ1v) is 7.10. The molecule has 8 heteroatoms. The lowest BCUT2D eigenvalue weighted by Gasteiger charge is -2.14. The van der Waals surface area contributed by atoms with Crippen LogP contribution in [-0.4, -0.2) is 33.3 Å². The van der Waals surface area contributed by atoms with E-state index in [4.69, 9.17) is 0 Å². The van der Waals surface area contributed by atoms with E-state index in [0.29, 0.717) is 12.4 Å². The van der Waals surface area contributed by atoms with E-state index in [0.717, 1.165) is 5.69 Å². The Hall–Kier alpha value is -2.64. The average molecular weight is 303 g/mol. The zero-order valence-corrected chi connectivity index (χ0v) is 12.4. The highest BCUT2D eigenvalue weighted by atomic mass is 16.5. The first-order chi connectivity index (χ1) is 10.5. The van der Waals surface area contributed by atoms with Gasteiger partial charge in [-0.05, 0) is 13.8 Å². The van der Waals surface area contributed by atoms with Crippen LogP contribution < -0.4 is 10.2 Å². The van der Waals surface area contributed by atoms with Crippen LogP contribution in [0.25, 0.3) is 0 Å². The molecule has 0 radical (unpaired) electrons. The van der Waals surface area contributed by atoms with E-state index in [9.17, 15) is 9.59 Å². The molecule has 3 rings (SSSR count). The monoisotopic (exact) mass is 303 g/mol. The summed E-state index contributed by atoms with van der Waals surface area (Å²) in [5.74, 6) is -0.375. The smallest absolute Gasteiger partial charge is 0.231 e. The fraction of sp³-hybridized carbons (Fsp3) is 0.429. The van der Waals surface area contributed by atoms with Gasteiger partial charge in [0.2, 0.25) is 11.8 Å². The minimum Gasteiger partial charge on any atom is -0.363 e. The van der Waals surface area contributed by atoms with E-state index < -0.39 is 5.92 Å². The van der Waals surface area contributed by atoms with Crippen molar-refractivity contribution in [2.45, 2.75) is 26.3 Å². The molecule has 0 aliphatic carbocycles. The lowest BCUT2D eigenvalue weighted by atomic mass is 10.1. The molecule has 1 N–H and O–H groups in total. The molecule has 0 saturated carbocycles. The number of rotatable bonds is 4. The molecule has 1 aliphatic rings. The number of anilines is 2. The molecule has 2 aromatic rings. The molecule has 22 heavy (non-hydrogen) atoms. The van der Waals surface area contributed by atoms with Crippen LogP contribution in [-0.2, 0) is 9.59 Å². The van der Waals surface area contributed by atoms with Gasteiger partial charge in [0.05, 0.1) is 17.8 Å². The lowest BCUT2D eigenvalue weighted by molar-refractivity contribution is -0.122. The van der Waals surface area contributed by atoms with Crippen LogP contribution in [0.2, 0.25) is 0 Å². The van der Waals surface area contributed by atoms with Crippen LogP contribution >= 0.6 is 0 Å². The summed E-state index contributed by atoms with van der Waals surface area (Å²) in [5, 5.41) is 10.5. The van der Waals surface area contributed by atoms with Crippen molar-refractivity contribution in [1.82, 2.24) is 14.9 Å². The van der Waals surface area contributed by atoms with Gasteiger partial charge in [-0.2, -0.15) is 5.10 Å². The maximum Gasteiger partial charge on any atom is 0.231 e. The van der Waals surface area contributed by atoms with Crippen LogP contribution in [0, 0.1) is 5.92 Å². The summed E-state index contributed by atoms with van der Waals surface area (Å²) in [6, 6.07) is 1.77. The van der Waals surface area contributed by atoms with Gasteiger partial charge in [-0.3, -0.25) is 14.3 Å². The van der Waals surface area contributed by atoms with Crippen molar-refractivity contribution in [1.29, 1.82) is 0 Å². The van der Waals surface area contributed by atoms with E-state index in [1.54, 1.807) is 21.8 Å². The van der Waals surface area contributed by atoms with E-state index in [2.05, 4.69) is 20.1 Å². The molecule has 1 fully saturated rings. The van der Waals surface area contributed by atoms with Gasteiger partial charge in [0, 0.05) is 31.3 Å². The third-order valence-corrected chi connectivity index (χ3v) is 3.61. The molecule has 1 atom stereocenters. The van der Waals surface area contributed by atoms with Crippen molar-refractivity contribution in [2.75, 3.05) is 16.8 Å².